The van der Waals surface area contributed by atoms with Crippen molar-refractivity contribution in [2.75, 3.05) is 6.54 Å². The van der Waals surface area contributed by atoms with Gasteiger partial charge in [-0.05, 0) is 25.1 Å². The van der Waals surface area contributed by atoms with Gasteiger partial charge in [-0.2, -0.15) is 5.10 Å². The van der Waals surface area contributed by atoms with E-state index in [1.807, 2.05) is 25.1 Å². The Morgan fingerprint density at radius 2 is 2.33 bits per heavy atom. The standard InChI is InChI=1S/C11H13BrN4O.ClH/c1-6(5-13)14-11(17)10-8-4-7(12)2-3-9(8)15-16-10;/h2-4,6H,5,13H2,1H3,(H,14,17)(H,15,16);1H/t6-;/m0./s1. The van der Waals surface area contributed by atoms with Crippen molar-refractivity contribution in [3.05, 3.63) is 28.4 Å². The summed E-state index contributed by atoms with van der Waals surface area (Å²) in [7, 11) is 0. The van der Waals surface area contributed by atoms with Crippen LogP contribution in [-0.2, 0) is 0 Å². The fourth-order valence-electron chi connectivity index (χ4n) is 1.51. The highest BCUT2D eigenvalue weighted by Crippen LogP contribution is 2.20. The third-order valence-electron chi connectivity index (χ3n) is 2.47. The van der Waals surface area contributed by atoms with Gasteiger partial charge in [-0.1, -0.05) is 15.9 Å². The molecule has 0 bridgehead atoms. The number of nitrogens with one attached hydrogen (secondary N) is 2. The van der Waals surface area contributed by atoms with Gasteiger partial charge in [0.15, 0.2) is 5.69 Å². The lowest BCUT2D eigenvalue weighted by Crippen LogP contribution is -2.38. The van der Waals surface area contributed by atoms with Gasteiger partial charge < -0.3 is 11.1 Å². The zero-order valence-electron chi connectivity index (χ0n) is 9.74. The quantitative estimate of drug-likeness (QED) is 0.801. The van der Waals surface area contributed by atoms with E-state index in [-0.39, 0.29) is 24.4 Å². The molecule has 2 rings (SSSR count). The monoisotopic (exact) mass is 332 g/mol. The fraction of sp³-hybridized carbons (Fsp3) is 0.273. The van der Waals surface area contributed by atoms with Gasteiger partial charge in [-0.3, -0.25) is 9.89 Å². The fourth-order valence-corrected chi connectivity index (χ4v) is 1.87. The lowest BCUT2D eigenvalue weighted by atomic mass is 10.2. The highest BCUT2D eigenvalue weighted by atomic mass is 79.9. The second-order valence-electron chi connectivity index (χ2n) is 3.87. The Bertz CT molecular complexity index is 557. The predicted octanol–water partition coefficient (Wildman–Crippen LogP) is 1.82. The molecule has 0 saturated heterocycles. The van der Waals surface area contributed by atoms with Gasteiger partial charge in [0.2, 0.25) is 0 Å². The molecular weight excluding hydrogens is 320 g/mol. The number of aromatic nitrogens is 2. The molecule has 1 heterocycles. The first-order chi connectivity index (χ1) is 8.11. The van der Waals surface area contributed by atoms with Crippen LogP contribution in [-0.4, -0.2) is 28.7 Å². The number of fused-ring (bicyclic) bond motifs is 1. The second kappa shape index (κ2) is 6.17. The van der Waals surface area contributed by atoms with Crippen molar-refractivity contribution in [1.29, 1.82) is 0 Å². The molecule has 7 heteroatoms. The van der Waals surface area contributed by atoms with Crippen LogP contribution in [0.3, 0.4) is 0 Å². The summed E-state index contributed by atoms with van der Waals surface area (Å²) >= 11 is 3.37. The molecule has 0 fully saturated rings. The summed E-state index contributed by atoms with van der Waals surface area (Å²) in [5, 5.41) is 10.4. The van der Waals surface area contributed by atoms with E-state index in [1.165, 1.54) is 0 Å². The first-order valence-electron chi connectivity index (χ1n) is 5.26. The van der Waals surface area contributed by atoms with Gasteiger partial charge in [-0.15, -0.1) is 12.4 Å². The predicted molar refractivity (Wildman–Crippen MR) is 77.0 cm³/mol. The van der Waals surface area contributed by atoms with Crippen LogP contribution in [0.25, 0.3) is 10.9 Å². The van der Waals surface area contributed by atoms with Crippen molar-refractivity contribution >= 4 is 45.1 Å². The average molecular weight is 334 g/mol. The van der Waals surface area contributed by atoms with Gasteiger partial charge in [0, 0.05) is 22.4 Å². The number of rotatable bonds is 3. The van der Waals surface area contributed by atoms with Crippen molar-refractivity contribution < 1.29 is 4.79 Å². The molecule has 18 heavy (non-hydrogen) atoms. The molecule has 2 aromatic rings. The lowest BCUT2D eigenvalue weighted by Gasteiger charge is -2.09. The number of amides is 1. The molecule has 0 unspecified atom stereocenters. The summed E-state index contributed by atoms with van der Waals surface area (Å²) < 4.78 is 0.910. The number of benzene rings is 1. The van der Waals surface area contributed by atoms with E-state index in [0.29, 0.717) is 12.2 Å². The maximum absolute atomic E-state index is 11.9. The maximum Gasteiger partial charge on any atom is 0.272 e. The molecule has 1 aromatic heterocycles. The first kappa shape index (κ1) is 14.9. The zero-order chi connectivity index (χ0) is 12.4. The topological polar surface area (TPSA) is 83.8 Å². The maximum atomic E-state index is 11.9. The van der Waals surface area contributed by atoms with Crippen LogP contribution in [0.2, 0.25) is 0 Å². The first-order valence-corrected chi connectivity index (χ1v) is 6.05. The Morgan fingerprint density at radius 1 is 1.61 bits per heavy atom. The molecular formula is C11H14BrClN4O. The molecule has 0 aliphatic carbocycles. The van der Waals surface area contributed by atoms with E-state index >= 15 is 0 Å². The van der Waals surface area contributed by atoms with E-state index in [0.717, 1.165) is 15.4 Å². The number of H-pyrrole nitrogens is 1. The van der Waals surface area contributed by atoms with E-state index in [4.69, 9.17) is 5.73 Å². The zero-order valence-corrected chi connectivity index (χ0v) is 12.1. The number of nitrogens with zero attached hydrogens (tertiary/aromatic N) is 1. The summed E-state index contributed by atoms with van der Waals surface area (Å²) in [6, 6.07) is 5.56. The van der Waals surface area contributed by atoms with Crippen LogP contribution in [0, 0.1) is 0 Å². The van der Waals surface area contributed by atoms with Crippen LogP contribution in [0.5, 0.6) is 0 Å². The second-order valence-corrected chi connectivity index (χ2v) is 4.79. The Morgan fingerprint density at radius 3 is 3.00 bits per heavy atom. The molecule has 0 aliphatic rings. The Balaban J connectivity index is 0.00000162. The summed E-state index contributed by atoms with van der Waals surface area (Å²) in [4.78, 5) is 11.9. The highest BCUT2D eigenvalue weighted by Gasteiger charge is 2.15. The molecule has 0 radical (unpaired) electrons. The third kappa shape index (κ3) is 3.01. The number of carbonyl (C=O) groups excluding carboxylic acids is 1. The minimum atomic E-state index is -0.215. The third-order valence-corrected chi connectivity index (χ3v) is 2.96. The Labute approximate surface area is 119 Å². The van der Waals surface area contributed by atoms with Crippen molar-refractivity contribution in [3.63, 3.8) is 0 Å². The number of aromatic amines is 1. The van der Waals surface area contributed by atoms with Gasteiger partial charge in [0.05, 0.1) is 5.52 Å². The molecule has 0 saturated carbocycles. The Kier molecular flexibility index (Phi) is 5.13. The summed E-state index contributed by atoms with van der Waals surface area (Å²) in [6.45, 7) is 2.25. The van der Waals surface area contributed by atoms with E-state index < -0.39 is 0 Å². The molecule has 0 aliphatic heterocycles. The Hall–Kier alpha value is -1.11. The van der Waals surface area contributed by atoms with Crippen molar-refractivity contribution in [1.82, 2.24) is 15.5 Å². The molecule has 5 nitrogen and oxygen atoms in total. The minimum absolute atomic E-state index is 0. The van der Waals surface area contributed by atoms with Gasteiger partial charge in [-0.25, -0.2) is 0 Å². The number of halogens is 2. The minimum Gasteiger partial charge on any atom is -0.347 e. The van der Waals surface area contributed by atoms with Gasteiger partial charge in [0.1, 0.15) is 0 Å². The van der Waals surface area contributed by atoms with Crippen molar-refractivity contribution in [2.24, 2.45) is 5.73 Å². The average Bonchev–Trinajstić information content (AvgIpc) is 2.71. The number of carbonyl (C=O) groups is 1. The van der Waals surface area contributed by atoms with Crippen LogP contribution in [0.1, 0.15) is 17.4 Å². The van der Waals surface area contributed by atoms with Crippen LogP contribution < -0.4 is 11.1 Å². The summed E-state index contributed by atoms with van der Waals surface area (Å²) in [5.41, 5.74) is 6.68. The van der Waals surface area contributed by atoms with E-state index in [2.05, 4.69) is 31.4 Å². The molecule has 1 amide bonds. The van der Waals surface area contributed by atoms with Crippen LogP contribution in [0.4, 0.5) is 0 Å². The van der Waals surface area contributed by atoms with Crippen LogP contribution >= 0.6 is 28.3 Å². The number of nitrogens with two attached hydrogens (primary N) is 1. The molecule has 0 spiro atoms. The normalized spacial score (nSPS) is 11.9. The van der Waals surface area contributed by atoms with Crippen molar-refractivity contribution in [3.8, 4) is 0 Å². The summed E-state index contributed by atoms with van der Waals surface area (Å²) in [6.07, 6.45) is 0. The number of hydrogen-bond donors (Lipinski definition) is 3. The number of hydrogen-bond acceptors (Lipinski definition) is 3. The SMILES string of the molecule is C[C@@H](CN)NC(=O)c1n[nH]c2ccc(Br)cc12.Cl. The molecule has 1 aromatic carbocycles. The smallest absolute Gasteiger partial charge is 0.272 e. The van der Waals surface area contributed by atoms with Crippen molar-refractivity contribution in [2.45, 2.75) is 13.0 Å². The molecule has 4 N–H and O–H groups in total. The molecule has 98 valence electrons. The van der Waals surface area contributed by atoms with Crippen LogP contribution in [0.15, 0.2) is 22.7 Å². The lowest BCUT2D eigenvalue weighted by molar-refractivity contribution is 0.0938. The molecule has 1 atom stereocenters. The van der Waals surface area contributed by atoms with Gasteiger partial charge >= 0.3 is 0 Å². The van der Waals surface area contributed by atoms with E-state index in [1.54, 1.807) is 0 Å². The van der Waals surface area contributed by atoms with Gasteiger partial charge in [0.25, 0.3) is 5.91 Å². The van der Waals surface area contributed by atoms with E-state index in [9.17, 15) is 4.79 Å². The largest absolute Gasteiger partial charge is 0.347 e. The summed E-state index contributed by atoms with van der Waals surface area (Å²) in [5.74, 6) is -0.215. The highest BCUT2D eigenvalue weighted by molar-refractivity contribution is 9.10.